The Morgan fingerprint density at radius 2 is 2.29 bits per heavy atom. The number of methoxy groups -OCH3 is 1. The van der Waals surface area contributed by atoms with Gasteiger partial charge in [-0.2, -0.15) is 0 Å². The number of hydrogen-bond donors (Lipinski definition) is 0. The second kappa shape index (κ2) is 5.27. The molecule has 0 bridgehead atoms. The van der Waals surface area contributed by atoms with E-state index in [0.717, 1.165) is 16.9 Å². The van der Waals surface area contributed by atoms with Crippen molar-refractivity contribution < 1.29 is 9.53 Å². The first-order valence-electron chi connectivity index (χ1n) is 4.19. The summed E-state index contributed by atoms with van der Waals surface area (Å²) in [5, 5.41) is 0.536. The molecule has 1 rings (SSSR count). The Hall–Kier alpha value is -0.670. The molecule has 0 atom stereocenters. The zero-order valence-electron chi connectivity index (χ0n) is 8.04. The summed E-state index contributed by atoms with van der Waals surface area (Å²) in [4.78, 5) is 11.6. The minimum absolute atomic E-state index is 0.536. The van der Waals surface area contributed by atoms with Gasteiger partial charge in [0.1, 0.15) is 0 Å². The lowest BCUT2D eigenvalue weighted by atomic mass is 10.2. The van der Waals surface area contributed by atoms with Crippen molar-refractivity contribution >= 4 is 29.6 Å². The molecule has 2 nitrogen and oxygen atoms in total. The van der Waals surface area contributed by atoms with Crippen LogP contribution < -0.4 is 4.74 Å². The number of carbonyl (C=O) groups is 1. The van der Waals surface area contributed by atoms with Gasteiger partial charge in [0, 0.05) is 5.56 Å². The van der Waals surface area contributed by atoms with Crippen molar-refractivity contribution in [2.45, 2.75) is 11.8 Å². The van der Waals surface area contributed by atoms with Crippen LogP contribution in [0.3, 0.4) is 0 Å². The second-order valence-corrected chi connectivity index (χ2v) is 4.23. The molecule has 0 spiro atoms. The number of hydrogen-bond acceptors (Lipinski definition) is 3. The highest BCUT2D eigenvalue weighted by molar-refractivity contribution is 7.99. The molecule has 1 aromatic carbocycles. The van der Waals surface area contributed by atoms with E-state index < -0.39 is 0 Å². The van der Waals surface area contributed by atoms with E-state index in [4.69, 9.17) is 16.3 Å². The average Bonchev–Trinajstić information content (AvgIpc) is 2.19. The molecule has 0 unspecified atom stereocenters. The molecule has 0 amide bonds. The molecule has 0 saturated carbocycles. The van der Waals surface area contributed by atoms with Gasteiger partial charge < -0.3 is 4.74 Å². The van der Waals surface area contributed by atoms with E-state index in [1.807, 2.05) is 6.92 Å². The van der Waals surface area contributed by atoms with Crippen LogP contribution in [0.4, 0.5) is 0 Å². The molecule has 0 aromatic heterocycles. The Morgan fingerprint density at radius 3 is 2.79 bits per heavy atom. The number of benzene rings is 1. The van der Waals surface area contributed by atoms with E-state index in [2.05, 4.69) is 0 Å². The molecule has 4 heteroatoms. The van der Waals surface area contributed by atoms with E-state index in [-0.39, 0.29) is 0 Å². The zero-order chi connectivity index (χ0) is 10.6. The van der Waals surface area contributed by atoms with Gasteiger partial charge in [0.2, 0.25) is 0 Å². The fourth-order valence-electron chi connectivity index (χ4n) is 1.13. The summed E-state index contributed by atoms with van der Waals surface area (Å²) < 4.78 is 5.16. The molecule has 0 N–H and O–H groups in total. The third-order valence-electron chi connectivity index (χ3n) is 1.71. The van der Waals surface area contributed by atoms with Crippen molar-refractivity contribution in [2.75, 3.05) is 12.9 Å². The second-order valence-electron chi connectivity index (χ2n) is 2.55. The Labute approximate surface area is 92.6 Å². The fraction of sp³-hybridized carbons (Fsp3) is 0.300. The monoisotopic (exact) mass is 230 g/mol. The van der Waals surface area contributed by atoms with Gasteiger partial charge in [0.05, 0.1) is 17.0 Å². The van der Waals surface area contributed by atoms with E-state index in [1.54, 1.807) is 31.0 Å². The fourth-order valence-corrected chi connectivity index (χ4v) is 2.32. The molecule has 14 heavy (non-hydrogen) atoms. The number of aldehydes is 1. The largest absolute Gasteiger partial charge is 0.494 e. The Morgan fingerprint density at radius 1 is 1.57 bits per heavy atom. The van der Waals surface area contributed by atoms with Crippen molar-refractivity contribution in [3.8, 4) is 5.75 Å². The van der Waals surface area contributed by atoms with Crippen LogP contribution in [0.2, 0.25) is 5.02 Å². The van der Waals surface area contributed by atoms with Crippen molar-refractivity contribution in [2.24, 2.45) is 0 Å². The smallest absolute Gasteiger partial charge is 0.151 e. The minimum Gasteiger partial charge on any atom is -0.494 e. The van der Waals surface area contributed by atoms with Gasteiger partial charge >= 0.3 is 0 Å². The molecule has 0 saturated heterocycles. The van der Waals surface area contributed by atoms with Crippen LogP contribution in [0.1, 0.15) is 17.3 Å². The minimum atomic E-state index is 0.536. The van der Waals surface area contributed by atoms with Gasteiger partial charge in [0.15, 0.2) is 12.0 Å². The van der Waals surface area contributed by atoms with Crippen LogP contribution >= 0.6 is 23.4 Å². The summed E-state index contributed by atoms with van der Waals surface area (Å²) in [5.41, 5.74) is 0.623. The summed E-state index contributed by atoms with van der Waals surface area (Å²) >= 11 is 7.49. The number of carbonyl (C=O) groups excluding carboxylic acids is 1. The van der Waals surface area contributed by atoms with Crippen LogP contribution in [0.15, 0.2) is 17.0 Å². The first kappa shape index (κ1) is 11.4. The summed E-state index contributed by atoms with van der Waals surface area (Å²) in [6, 6.07) is 3.37. The highest BCUT2D eigenvalue weighted by atomic mass is 35.5. The lowest BCUT2D eigenvalue weighted by molar-refractivity contribution is 0.112. The lowest BCUT2D eigenvalue weighted by Crippen LogP contribution is -1.93. The predicted molar refractivity (Wildman–Crippen MR) is 59.8 cm³/mol. The van der Waals surface area contributed by atoms with Crippen molar-refractivity contribution in [3.63, 3.8) is 0 Å². The molecule has 76 valence electrons. The van der Waals surface area contributed by atoms with Crippen molar-refractivity contribution in [3.05, 3.63) is 22.7 Å². The maximum Gasteiger partial charge on any atom is 0.151 e. The van der Waals surface area contributed by atoms with E-state index in [9.17, 15) is 4.79 Å². The van der Waals surface area contributed by atoms with E-state index in [1.165, 1.54) is 0 Å². The number of thioether (sulfide) groups is 1. The number of ether oxygens (including phenoxy) is 1. The molecule has 0 heterocycles. The average molecular weight is 231 g/mol. The molecule has 0 aliphatic carbocycles. The third-order valence-corrected chi connectivity index (χ3v) is 3.01. The third kappa shape index (κ3) is 2.22. The van der Waals surface area contributed by atoms with Gasteiger partial charge in [-0.3, -0.25) is 4.79 Å². The summed E-state index contributed by atoms with van der Waals surface area (Å²) in [5.74, 6) is 1.46. The number of rotatable bonds is 4. The highest BCUT2D eigenvalue weighted by Gasteiger charge is 2.12. The van der Waals surface area contributed by atoms with E-state index >= 15 is 0 Å². The van der Waals surface area contributed by atoms with Crippen LogP contribution in [0, 0.1) is 0 Å². The van der Waals surface area contributed by atoms with Crippen LogP contribution in [-0.4, -0.2) is 19.1 Å². The van der Waals surface area contributed by atoms with Crippen molar-refractivity contribution in [1.82, 2.24) is 0 Å². The Balaban J connectivity index is 3.27. The summed E-state index contributed by atoms with van der Waals surface area (Å²) in [6.45, 7) is 2.01. The molecular weight excluding hydrogens is 220 g/mol. The van der Waals surface area contributed by atoms with Gasteiger partial charge in [-0.15, -0.1) is 11.8 Å². The highest BCUT2D eigenvalue weighted by Crippen LogP contribution is 2.37. The van der Waals surface area contributed by atoms with Crippen LogP contribution in [-0.2, 0) is 0 Å². The molecule has 0 fully saturated rings. The van der Waals surface area contributed by atoms with Gasteiger partial charge in [-0.25, -0.2) is 0 Å². The van der Waals surface area contributed by atoms with Gasteiger partial charge in [-0.05, 0) is 17.9 Å². The Bertz CT molecular complexity index is 339. The molecular formula is C10H11ClO2S. The molecule has 0 radical (unpaired) electrons. The van der Waals surface area contributed by atoms with Crippen LogP contribution in [0.5, 0.6) is 5.75 Å². The maximum atomic E-state index is 10.8. The predicted octanol–water partition coefficient (Wildman–Crippen LogP) is 3.27. The molecule has 0 aliphatic rings. The standard InChI is InChI=1S/C10H11ClO2S/c1-3-14-10-7(6-12)4-5-8(11)9(10)13-2/h4-6H,3H2,1-2H3. The SMILES string of the molecule is CCSc1c(C=O)ccc(Cl)c1OC. The zero-order valence-corrected chi connectivity index (χ0v) is 9.61. The topological polar surface area (TPSA) is 26.3 Å². The first-order valence-corrected chi connectivity index (χ1v) is 5.55. The lowest BCUT2D eigenvalue weighted by Gasteiger charge is -2.10. The first-order chi connectivity index (χ1) is 6.74. The molecule has 0 aliphatic heterocycles. The number of halogens is 1. The van der Waals surface area contributed by atoms with E-state index in [0.29, 0.717) is 16.3 Å². The maximum absolute atomic E-state index is 10.8. The van der Waals surface area contributed by atoms with Gasteiger partial charge in [0.25, 0.3) is 0 Å². The quantitative estimate of drug-likeness (QED) is 0.587. The molecule has 1 aromatic rings. The summed E-state index contributed by atoms with van der Waals surface area (Å²) in [7, 11) is 1.55. The Kier molecular flexibility index (Phi) is 4.29. The van der Waals surface area contributed by atoms with Crippen LogP contribution in [0.25, 0.3) is 0 Å². The summed E-state index contributed by atoms with van der Waals surface area (Å²) in [6.07, 6.45) is 0.816. The van der Waals surface area contributed by atoms with Gasteiger partial charge in [-0.1, -0.05) is 18.5 Å². The van der Waals surface area contributed by atoms with Crippen molar-refractivity contribution in [1.29, 1.82) is 0 Å². The normalized spacial score (nSPS) is 9.93.